The average Bonchev–Trinajstić information content (AvgIpc) is 2.67. The number of ether oxygens (including phenoxy) is 1. The lowest BCUT2D eigenvalue weighted by Crippen LogP contribution is -2.12. The molecule has 5 nitrogen and oxygen atoms in total. The summed E-state index contributed by atoms with van der Waals surface area (Å²) in [5.41, 5.74) is 1.85. The molecule has 0 aliphatic carbocycles. The average molecular weight is 371 g/mol. The molecule has 0 spiro atoms. The third-order valence-electron chi connectivity index (χ3n) is 4.41. The Hall–Kier alpha value is -2.53. The number of carbonyl (C=O) groups is 1. The van der Waals surface area contributed by atoms with Crippen molar-refractivity contribution in [3.8, 4) is 5.75 Å². The minimum atomic E-state index is -1.12. The number of aromatic hydroxyl groups is 1. The molecule has 2 rings (SSSR count). The minimum Gasteiger partial charge on any atom is -0.507 e. The van der Waals surface area contributed by atoms with Crippen LogP contribution in [0.3, 0.4) is 0 Å². The van der Waals surface area contributed by atoms with E-state index in [1.54, 1.807) is 42.5 Å². The van der Waals surface area contributed by atoms with Gasteiger partial charge >= 0.3 is 5.97 Å². The van der Waals surface area contributed by atoms with Gasteiger partial charge in [-0.15, -0.1) is 0 Å². The molecular formula is C22H29NO4. The van der Waals surface area contributed by atoms with Crippen molar-refractivity contribution < 1.29 is 19.7 Å². The second kappa shape index (κ2) is 10.6. The molecule has 1 unspecified atom stereocenters. The molecule has 1 atom stereocenters. The van der Waals surface area contributed by atoms with Crippen LogP contribution < -0.4 is 5.32 Å². The second-order valence-corrected chi connectivity index (χ2v) is 6.49. The molecule has 27 heavy (non-hydrogen) atoms. The standard InChI is InChI=1S/C22H29NO4/c1-3-5-6-9-14-27-22(26)18-11-8-7-10-17(18)21(25)19-13-12-16(23-4-2)15-20(19)24/h7-8,10-13,15,21,23-25H,3-6,9,14H2,1-2H3. The highest BCUT2D eigenvalue weighted by Crippen LogP contribution is 2.33. The topological polar surface area (TPSA) is 78.8 Å². The van der Waals surface area contributed by atoms with Gasteiger partial charge in [0.05, 0.1) is 12.2 Å². The SMILES string of the molecule is CCCCCCOC(=O)c1ccccc1C(O)c1ccc(NCC)cc1O. The maximum absolute atomic E-state index is 12.5. The number of hydrogen-bond donors (Lipinski definition) is 3. The highest BCUT2D eigenvalue weighted by atomic mass is 16.5. The number of phenolic OH excluding ortho intramolecular Hbond substituents is 1. The van der Waals surface area contributed by atoms with Crippen molar-refractivity contribution in [1.29, 1.82) is 0 Å². The van der Waals surface area contributed by atoms with E-state index in [2.05, 4.69) is 12.2 Å². The molecule has 0 fully saturated rings. The van der Waals surface area contributed by atoms with E-state index < -0.39 is 12.1 Å². The summed E-state index contributed by atoms with van der Waals surface area (Å²) in [5.74, 6) is -0.478. The first-order chi connectivity index (χ1) is 13.1. The molecule has 0 aliphatic heterocycles. The Morgan fingerprint density at radius 1 is 1.07 bits per heavy atom. The number of rotatable bonds is 10. The Labute approximate surface area is 161 Å². The number of unbranched alkanes of at least 4 members (excludes halogenated alkanes) is 3. The number of nitrogens with one attached hydrogen (secondary N) is 1. The monoisotopic (exact) mass is 371 g/mol. The van der Waals surface area contributed by atoms with Gasteiger partial charge in [-0.25, -0.2) is 4.79 Å². The lowest BCUT2D eigenvalue weighted by molar-refractivity contribution is 0.0492. The molecular weight excluding hydrogens is 342 g/mol. The van der Waals surface area contributed by atoms with Crippen molar-refractivity contribution in [1.82, 2.24) is 0 Å². The highest BCUT2D eigenvalue weighted by Gasteiger charge is 2.21. The van der Waals surface area contributed by atoms with Crippen LogP contribution in [-0.2, 0) is 4.74 Å². The Bertz CT molecular complexity index is 745. The van der Waals surface area contributed by atoms with Crippen molar-refractivity contribution in [3.63, 3.8) is 0 Å². The van der Waals surface area contributed by atoms with Crippen LogP contribution in [0.15, 0.2) is 42.5 Å². The van der Waals surface area contributed by atoms with Gasteiger partial charge in [0.15, 0.2) is 0 Å². The predicted octanol–water partition coefficient (Wildman–Crippen LogP) is 4.64. The number of aliphatic hydroxyl groups excluding tert-OH is 1. The zero-order valence-electron chi connectivity index (χ0n) is 16.1. The van der Waals surface area contributed by atoms with E-state index in [1.807, 2.05) is 6.92 Å². The fourth-order valence-electron chi connectivity index (χ4n) is 2.95. The third-order valence-corrected chi connectivity index (χ3v) is 4.41. The fourth-order valence-corrected chi connectivity index (χ4v) is 2.95. The first-order valence-corrected chi connectivity index (χ1v) is 9.59. The predicted molar refractivity (Wildman–Crippen MR) is 107 cm³/mol. The fraction of sp³-hybridized carbons (Fsp3) is 0.409. The maximum atomic E-state index is 12.5. The quantitative estimate of drug-likeness (QED) is 0.419. The van der Waals surface area contributed by atoms with Gasteiger partial charge in [0.25, 0.3) is 0 Å². The number of phenols is 1. The molecule has 0 aromatic heterocycles. The van der Waals surface area contributed by atoms with Gasteiger partial charge in [0.1, 0.15) is 11.9 Å². The molecule has 2 aromatic rings. The van der Waals surface area contributed by atoms with Crippen molar-refractivity contribution >= 4 is 11.7 Å². The van der Waals surface area contributed by atoms with Crippen LogP contribution in [0.25, 0.3) is 0 Å². The van der Waals surface area contributed by atoms with Crippen LogP contribution in [0.1, 0.15) is 67.1 Å². The van der Waals surface area contributed by atoms with Gasteiger partial charge in [-0.3, -0.25) is 0 Å². The molecule has 146 valence electrons. The van der Waals surface area contributed by atoms with E-state index >= 15 is 0 Å². The summed E-state index contributed by atoms with van der Waals surface area (Å²) in [6.45, 7) is 5.19. The molecule has 5 heteroatoms. The largest absolute Gasteiger partial charge is 0.507 e. The summed E-state index contributed by atoms with van der Waals surface area (Å²) in [4.78, 5) is 12.5. The first kappa shape index (κ1) is 20.8. The number of aliphatic hydroxyl groups is 1. The summed E-state index contributed by atoms with van der Waals surface area (Å²) in [6.07, 6.45) is 2.98. The van der Waals surface area contributed by atoms with Crippen LogP contribution >= 0.6 is 0 Å². The van der Waals surface area contributed by atoms with Crippen molar-refractivity contribution in [2.75, 3.05) is 18.5 Å². The minimum absolute atomic E-state index is 0.0244. The summed E-state index contributed by atoms with van der Waals surface area (Å²) in [6, 6.07) is 11.8. The molecule has 2 aromatic carbocycles. The molecule has 0 heterocycles. The van der Waals surface area contributed by atoms with Gasteiger partial charge in [-0.1, -0.05) is 50.5 Å². The molecule has 3 N–H and O–H groups in total. The molecule has 0 saturated carbocycles. The normalized spacial score (nSPS) is 11.8. The summed E-state index contributed by atoms with van der Waals surface area (Å²) < 4.78 is 5.36. The summed E-state index contributed by atoms with van der Waals surface area (Å²) >= 11 is 0. The van der Waals surface area contributed by atoms with Crippen molar-refractivity contribution in [2.45, 2.75) is 45.6 Å². The van der Waals surface area contributed by atoms with Crippen LogP contribution in [0, 0.1) is 0 Å². The van der Waals surface area contributed by atoms with E-state index in [-0.39, 0.29) is 5.75 Å². The highest BCUT2D eigenvalue weighted by molar-refractivity contribution is 5.91. The van der Waals surface area contributed by atoms with Gasteiger partial charge < -0.3 is 20.3 Å². The Kier molecular flexibility index (Phi) is 8.14. The zero-order chi connectivity index (χ0) is 19.6. The summed E-state index contributed by atoms with van der Waals surface area (Å²) in [5, 5.41) is 24.2. The van der Waals surface area contributed by atoms with E-state index in [1.165, 1.54) is 0 Å². The van der Waals surface area contributed by atoms with Gasteiger partial charge in [0.2, 0.25) is 0 Å². The number of hydrogen-bond acceptors (Lipinski definition) is 5. The Balaban J connectivity index is 2.15. The summed E-state index contributed by atoms with van der Waals surface area (Å²) in [7, 11) is 0. The van der Waals surface area contributed by atoms with E-state index in [0.717, 1.165) is 37.9 Å². The molecule has 0 aliphatic rings. The van der Waals surface area contributed by atoms with Gasteiger partial charge in [-0.05, 0) is 31.0 Å². The molecule has 0 amide bonds. The number of carbonyl (C=O) groups excluding carboxylic acids is 1. The van der Waals surface area contributed by atoms with Crippen LogP contribution in [-0.4, -0.2) is 29.3 Å². The lowest BCUT2D eigenvalue weighted by atomic mass is 9.96. The Morgan fingerprint density at radius 2 is 1.85 bits per heavy atom. The molecule has 0 bridgehead atoms. The molecule has 0 radical (unpaired) electrons. The smallest absolute Gasteiger partial charge is 0.338 e. The van der Waals surface area contributed by atoms with Crippen LogP contribution in [0.2, 0.25) is 0 Å². The molecule has 0 saturated heterocycles. The number of anilines is 1. The van der Waals surface area contributed by atoms with Crippen LogP contribution in [0.5, 0.6) is 5.75 Å². The number of esters is 1. The lowest BCUT2D eigenvalue weighted by Gasteiger charge is -2.17. The maximum Gasteiger partial charge on any atom is 0.338 e. The first-order valence-electron chi connectivity index (χ1n) is 9.59. The van der Waals surface area contributed by atoms with Crippen molar-refractivity contribution in [2.24, 2.45) is 0 Å². The van der Waals surface area contributed by atoms with Crippen molar-refractivity contribution in [3.05, 3.63) is 59.2 Å². The Morgan fingerprint density at radius 3 is 2.56 bits per heavy atom. The van der Waals surface area contributed by atoms with Gasteiger partial charge in [-0.2, -0.15) is 0 Å². The second-order valence-electron chi connectivity index (χ2n) is 6.49. The van der Waals surface area contributed by atoms with E-state index in [4.69, 9.17) is 4.74 Å². The van der Waals surface area contributed by atoms with Gasteiger partial charge in [0, 0.05) is 23.9 Å². The van der Waals surface area contributed by atoms with E-state index in [9.17, 15) is 15.0 Å². The third kappa shape index (κ3) is 5.73. The van der Waals surface area contributed by atoms with Crippen LogP contribution in [0.4, 0.5) is 5.69 Å². The zero-order valence-corrected chi connectivity index (χ0v) is 16.1. The van der Waals surface area contributed by atoms with E-state index in [0.29, 0.717) is 23.3 Å². The number of benzene rings is 2.